The lowest BCUT2D eigenvalue weighted by Gasteiger charge is -2.34. The van der Waals surface area contributed by atoms with Gasteiger partial charge < -0.3 is 5.11 Å². The zero-order valence-corrected chi connectivity index (χ0v) is 10.2. The first-order chi connectivity index (χ1) is 7.38. The highest BCUT2D eigenvalue weighted by Crippen LogP contribution is 2.14. The number of likely N-dealkylation sites (tertiary alicyclic amines) is 1. The van der Waals surface area contributed by atoms with E-state index in [-0.39, 0.29) is 25.0 Å². The first-order valence-corrected chi connectivity index (χ1v) is 5.54. The maximum absolute atomic E-state index is 11.8. The van der Waals surface area contributed by atoms with Crippen LogP contribution in [0.3, 0.4) is 0 Å². The van der Waals surface area contributed by atoms with Gasteiger partial charge in [0, 0.05) is 18.5 Å². The second-order valence-electron chi connectivity index (χ2n) is 4.87. The summed E-state index contributed by atoms with van der Waals surface area (Å²) in [6.45, 7) is 4.38. The van der Waals surface area contributed by atoms with Crippen molar-refractivity contribution < 1.29 is 14.7 Å². The summed E-state index contributed by atoms with van der Waals surface area (Å²) in [6, 6.07) is 0. The highest BCUT2D eigenvalue weighted by atomic mass is 16.3. The zero-order valence-electron chi connectivity index (χ0n) is 10.2. The first kappa shape index (κ1) is 13.1. The SMILES string of the molecule is CN(CC(=O)N1CCCC1=O)C(C)(C)CO. The molecule has 5 heteroatoms. The number of imide groups is 1. The molecule has 0 aromatic heterocycles. The smallest absolute Gasteiger partial charge is 0.243 e. The van der Waals surface area contributed by atoms with E-state index >= 15 is 0 Å². The number of hydrogen-bond acceptors (Lipinski definition) is 4. The van der Waals surface area contributed by atoms with Crippen LogP contribution in [0.5, 0.6) is 0 Å². The summed E-state index contributed by atoms with van der Waals surface area (Å²) in [7, 11) is 1.77. The molecule has 0 bridgehead atoms. The monoisotopic (exact) mass is 228 g/mol. The number of amides is 2. The number of aliphatic hydroxyl groups excluding tert-OH is 1. The number of nitrogens with zero attached hydrogens (tertiary/aromatic N) is 2. The van der Waals surface area contributed by atoms with E-state index in [9.17, 15) is 9.59 Å². The van der Waals surface area contributed by atoms with Crippen LogP contribution in [0.2, 0.25) is 0 Å². The van der Waals surface area contributed by atoms with E-state index in [2.05, 4.69) is 0 Å². The van der Waals surface area contributed by atoms with Crippen molar-refractivity contribution >= 4 is 11.8 Å². The summed E-state index contributed by atoms with van der Waals surface area (Å²) in [4.78, 5) is 26.2. The molecule has 0 spiro atoms. The molecule has 2 amide bonds. The van der Waals surface area contributed by atoms with Crippen LogP contribution >= 0.6 is 0 Å². The highest BCUT2D eigenvalue weighted by molar-refractivity contribution is 5.97. The van der Waals surface area contributed by atoms with Crippen molar-refractivity contribution in [3.05, 3.63) is 0 Å². The van der Waals surface area contributed by atoms with Gasteiger partial charge in [-0.1, -0.05) is 0 Å². The van der Waals surface area contributed by atoms with Crippen LogP contribution < -0.4 is 0 Å². The molecule has 1 rings (SSSR count). The molecule has 1 aliphatic rings. The van der Waals surface area contributed by atoms with Crippen LogP contribution in [0.15, 0.2) is 0 Å². The van der Waals surface area contributed by atoms with Crippen molar-refractivity contribution in [2.45, 2.75) is 32.2 Å². The maximum atomic E-state index is 11.8. The van der Waals surface area contributed by atoms with Crippen molar-refractivity contribution in [1.82, 2.24) is 9.80 Å². The van der Waals surface area contributed by atoms with Gasteiger partial charge in [0.1, 0.15) is 0 Å². The number of aliphatic hydroxyl groups is 1. The second-order valence-corrected chi connectivity index (χ2v) is 4.87. The third-order valence-electron chi connectivity index (χ3n) is 3.17. The lowest BCUT2D eigenvalue weighted by atomic mass is 10.1. The Bertz CT molecular complexity index is 289. The van der Waals surface area contributed by atoms with E-state index in [0.717, 1.165) is 6.42 Å². The lowest BCUT2D eigenvalue weighted by molar-refractivity contribution is -0.143. The fourth-order valence-electron chi connectivity index (χ4n) is 1.53. The summed E-state index contributed by atoms with van der Waals surface area (Å²) < 4.78 is 0. The highest BCUT2D eigenvalue weighted by Gasteiger charge is 2.30. The molecule has 0 aromatic carbocycles. The number of carbonyl (C=O) groups is 2. The largest absolute Gasteiger partial charge is 0.394 e. The van der Waals surface area contributed by atoms with E-state index in [1.165, 1.54) is 4.90 Å². The maximum Gasteiger partial charge on any atom is 0.243 e. The Kier molecular flexibility index (Phi) is 4.04. The van der Waals surface area contributed by atoms with Crippen molar-refractivity contribution in [2.75, 3.05) is 26.7 Å². The molecule has 0 saturated carbocycles. The van der Waals surface area contributed by atoms with Crippen LogP contribution in [-0.2, 0) is 9.59 Å². The van der Waals surface area contributed by atoms with Gasteiger partial charge in [0.15, 0.2) is 0 Å². The third kappa shape index (κ3) is 2.80. The Hall–Kier alpha value is -0.940. The molecule has 1 fully saturated rings. The minimum Gasteiger partial charge on any atom is -0.394 e. The van der Waals surface area contributed by atoms with E-state index < -0.39 is 5.54 Å². The van der Waals surface area contributed by atoms with Gasteiger partial charge in [0.05, 0.1) is 13.2 Å². The lowest BCUT2D eigenvalue weighted by Crippen LogP contribution is -2.49. The van der Waals surface area contributed by atoms with Crippen molar-refractivity contribution in [1.29, 1.82) is 0 Å². The second kappa shape index (κ2) is 4.93. The third-order valence-corrected chi connectivity index (χ3v) is 3.17. The molecule has 0 radical (unpaired) electrons. The van der Waals surface area contributed by atoms with Gasteiger partial charge in [0.25, 0.3) is 0 Å². The Morgan fingerprint density at radius 1 is 1.56 bits per heavy atom. The number of hydrogen-bond donors (Lipinski definition) is 1. The van der Waals surface area contributed by atoms with Crippen molar-refractivity contribution in [3.8, 4) is 0 Å². The summed E-state index contributed by atoms with van der Waals surface area (Å²) in [5, 5.41) is 9.16. The Morgan fingerprint density at radius 2 is 2.19 bits per heavy atom. The number of likely N-dealkylation sites (N-methyl/N-ethyl adjacent to an activating group) is 1. The predicted octanol–water partition coefficient (Wildman–Crippen LogP) is -0.162. The standard InChI is InChI=1S/C11H20N2O3/c1-11(2,8-14)12(3)7-10(16)13-6-4-5-9(13)15/h14H,4-8H2,1-3H3. The van der Waals surface area contributed by atoms with Crippen LogP contribution in [0.25, 0.3) is 0 Å². The fraction of sp³-hybridized carbons (Fsp3) is 0.818. The quantitative estimate of drug-likeness (QED) is 0.726. The normalized spacial score (nSPS) is 17.3. The molecule has 0 unspecified atom stereocenters. The molecular formula is C11H20N2O3. The molecule has 0 aliphatic carbocycles. The van der Waals surface area contributed by atoms with Gasteiger partial charge in [-0.3, -0.25) is 19.4 Å². The van der Waals surface area contributed by atoms with Crippen LogP contribution in [0.4, 0.5) is 0 Å². The van der Waals surface area contributed by atoms with Crippen LogP contribution in [0, 0.1) is 0 Å². The van der Waals surface area contributed by atoms with Crippen LogP contribution in [0.1, 0.15) is 26.7 Å². The Balaban J connectivity index is 2.54. The Labute approximate surface area is 96.0 Å². The van der Waals surface area contributed by atoms with E-state index in [1.807, 2.05) is 13.8 Å². The minimum absolute atomic E-state index is 0.0231. The molecule has 1 aliphatic heterocycles. The summed E-state index contributed by atoms with van der Waals surface area (Å²) >= 11 is 0. The van der Waals surface area contributed by atoms with Gasteiger partial charge in [-0.2, -0.15) is 0 Å². The van der Waals surface area contributed by atoms with Gasteiger partial charge in [-0.05, 0) is 27.3 Å². The van der Waals surface area contributed by atoms with Gasteiger partial charge >= 0.3 is 0 Å². The van der Waals surface area contributed by atoms with E-state index in [4.69, 9.17) is 5.11 Å². The molecule has 16 heavy (non-hydrogen) atoms. The van der Waals surface area contributed by atoms with E-state index in [1.54, 1.807) is 11.9 Å². The Morgan fingerprint density at radius 3 is 2.62 bits per heavy atom. The topological polar surface area (TPSA) is 60.9 Å². The average molecular weight is 228 g/mol. The molecule has 1 N–H and O–H groups in total. The molecular weight excluding hydrogens is 208 g/mol. The van der Waals surface area contributed by atoms with Gasteiger partial charge in [-0.25, -0.2) is 0 Å². The minimum atomic E-state index is -0.446. The molecule has 0 atom stereocenters. The molecule has 92 valence electrons. The summed E-state index contributed by atoms with van der Waals surface area (Å²) in [5.41, 5.74) is -0.446. The molecule has 1 saturated heterocycles. The average Bonchev–Trinajstić information content (AvgIpc) is 2.64. The number of rotatable bonds is 4. The van der Waals surface area contributed by atoms with E-state index in [0.29, 0.717) is 13.0 Å². The zero-order chi connectivity index (χ0) is 12.3. The predicted molar refractivity (Wildman–Crippen MR) is 59.7 cm³/mol. The van der Waals surface area contributed by atoms with Gasteiger partial charge in [-0.15, -0.1) is 0 Å². The first-order valence-electron chi connectivity index (χ1n) is 5.54. The van der Waals surface area contributed by atoms with Crippen molar-refractivity contribution in [3.63, 3.8) is 0 Å². The van der Waals surface area contributed by atoms with Crippen molar-refractivity contribution in [2.24, 2.45) is 0 Å². The van der Waals surface area contributed by atoms with Crippen LogP contribution in [-0.4, -0.2) is 59.0 Å². The van der Waals surface area contributed by atoms with Gasteiger partial charge in [0.2, 0.25) is 11.8 Å². The molecule has 0 aromatic rings. The molecule has 5 nitrogen and oxygen atoms in total. The summed E-state index contributed by atoms with van der Waals surface area (Å²) in [5.74, 6) is -0.258. The number of carbonyl (C=O) groups excluding carboxylic acids is 2. The molecule has 1 heterocycles. The fourth-order valence-corrected chi connectivity index (χ4v) is 1.53. The summed E-state index contributed by atoms with van der Waals surface area (Å²) in [6.07, 6.45) is 1.23.